The number of nitrogens with zero attached hydrogens (tertiary/aromatic N) is 1. The molecule has 0 radical (unpaired) electrons. The molecule has 0 bridgehead atoms. The Morgan fingerprint density at radius 3 is 2.14 bits per heavy atom. The van der Waals surface area contributed by atoms with Gasteiger partial charge < -0.3 is 14.4 Å². The second-order valence-corrected chi connectivity index (χ2v) is 7.84. The van der Waals surface area contributed by atoms with Crippen molar-refractivity contribution in [2.45, 2.75) is 25.7 Å². The molecule has 7 nitrogen and oxygen atoms in total. The minimum atomic E-state index is -3.87. The first kappa shape index (κ1) is 21.6. The first-order valence-corrected chi connectivity index (χ1v) is 10.4. The van der Waals surface area contributed by atoms with E-state index in [1.165, 1.54) is 32.4 Å². The zero-order valence-corrected chi connectivity index (χ0v) is 17.6. The van der Waals surface area contributed by atoms with Gasteiger partial charge in [0.1, 0.15) is 0 Å². The number of hydrogen-bond donors (Lipinski definition) is 1. The van der Waals surface area contributed by atoms with E-state index in [0.29, 0.717) is 18.7 Å². The molecular formula is C20H26N2O5S. The van der Waals surface area contributed by atoms with Crippen molar-refractivity contribution >= 4 is 21.6 Å². The van der Waals surface area contributed by atoms with E-state index < -0.39 is 10.0 Å². The minimum Gasteiger partial charge on any atom is -0.493 e. The summed E-state index contributed by atoms with van der Waals surface area (Å²) in [5.41, 5.74) is 1.39. The van der Waals surface area contributed by atoms with E-state index in [0.717, 1.165) is 5.56 Å². The number of hydrogen-bond acceptors (Lipinski definition) is 5. The van der Waals surface area contributed by atoms with Gasteiger partial charge in [0, 0.05) is 18.7 Å². The van der Waals surface area contributed by atoms with Crippen LogP contribution in [0, 0.1) is 6.92 Å². The number of rotatable bonds is 8. The Labute approximate surface area is 166 Å². The maximum atomic E-state index is 12.8. The SMILES string of the molecule is CCN(CC)C(=O)c1cc(NS(=O)(=O)c2ccc(C)cc2)c(OC)c(OC)c1. The van der Waals surface area contributed by atoms with Gasteiger partial charge in [0.05, 0.1) is 24.8 Å². The molecule has 1 N–H and O–H groups in total. The van der Waals surface area contributed by atoms with Crippen LogP contribution in [0.25, 0.3) is 0 Å². The lowest BCUT2D eigenvalue weighted by molar-refractivity contribution is 0.0772. The van der Waals surface area contributed by atoms with Gasteiger partial charge in [-0.2, -0.15) is 0 Å². The molecule has 0 heterocycles. The number of anilines is 1. The molecule has 0 aliphatic rings. The van der Waals surface area contributed by atoms with Gasteiger partial charge in [-0.3, -0.25) is 9.52 Å². The van der Waals surface area contributed by atoms with Gasteiger partial charge in [0.25, 0.3) is 15.9 Å². The summed E-state index contributed by atoms with van der Waals surface area (Å²) in [6, 6.07) is 9.48. The maximum absolute atomic E-state index is 12.8. The van der Waals surface area contributed by atoms with Crippen LogP contribution in [0.1, 0.15) is 29.8 Å². The quantitative estimate of drug-likeness (QED) is 0.727. The third-order valence-corrected chi connectivity index (χ3v) is 5.73. The van der Waals surface area contributed by atoms with Crippen molar-refractivity contribution in [2.24, 2.45) is 0 Å². The summed E-state index contributed by atoms with van der Waals surface area (Å²) in [6.45, 7) is 6.70. The molecule has 0 aromatic heterocycles. The van der Waals surface area contributed by atoms with Crippen LogP contribution in [-0.2, 0) is 10.0 Å². The third-order valence-electron chi connectivity index (χ3n) is 4.35. The Morgan fingerprint density at radius 2 is 1.64 bits per heavy atom. The number of carbonyl (C=O) groups excluding carboxylic acids is 1. The van der Waals surface area contributed by atoms with Crippen molar-refractivity contribution in [1.29, 1.82) is 0 Å². The molecule has 28 heavy (non-hydrogen) atoms. The van der Waals surface area contributed by atoms with Gasteiger partial charge in [-0.25, -0.2) is 8.42 Å². The smallest absolute Gasteiger partial charge is 0.262 e. The number of carbonyl (C=O) groups is 1. The van der Waals surface area contributed by atoms with Crippen LogP contribution in [0.5, 0.6) is 11.5 Å². The average molecular weight is 407 g/mol. The van der Waals surface area contributed by atoms with E-state index in [1.54, 1.807) is 23.1 Å². The summed E-state index contributed by atoms with van der Waals surface area (Å²) in [4.78, 5) is 14.5. The van der Waals surface area contributed by atoms with Crippen LogP contribution in [0.4, 0.5) is 5.69 Å². The van der Waals surface area contributed by atoms with Crippen LogP contribution in [0.15, 0.2) is 41.3 Å². The molecule has 2 rings (SSSR count). The summed E-state index contributed by atoms with van der Waals surface area (Å²) >= 11 is 0. The van der Waals surface area contributed by atoms with Crippen molar-refractivity contribution in [3.8, 4) is 11.5 Å². The second kappa shape index (κ2) is 8.97. The van der Waals surface area contributed by atoms with Crippen LogP contribution >= 0.6 is 0 Å². The van der Waals surface area contributed by atoms with E-state index in [2.05, 4.69) is 4.72 Å². The largest absolute Gasteiger partial charge is 0.493 e. The van der Waals surface area contributed by atoms with Gasteiger partial charge in [0.15, 0.2) is 11.5 Å². The van der Waals surface area contributed by atoms with Crippen molar-refractivity contribution in [3.05, 3.63) is 47.5 Å². The van der Waals surface area contributed by atoms with Crippen LogP contribution < -0.4 is 14.2 Å². The Hall–Kier alpha value is -2.74. The molecule has 0 unspecified atom stereocenters. The molecule has 0 aliphatic carbocycles. The minimum absolute atomic E-state index is 0.111. The Bertz CT molecular complexity index is 936. The van der Waals surface area contributed by atoms with Crippen molar-refractivity contribution in [3.63, 3.8) is 0 Å². The number of ether oxygens (including phenoxy) is 2. The zero-order chi connectivity index (χ0) is 20.9. The lowest BCUT2D eigenvalue weighted by atomic mass is 10.1. The Morgan fingerprint density at radius 1 is 1.04 bits per heavy atom. The van der Waals surface area contributed by atoms with Gasteiger partial charge in [-0.15, -0.1) is 0 Å². The predicted molar refractivity (Wildman–Crippen MR) is 109 cm³/mol. The van der Waals surface area contributed by atoms with Crippen LogP contribution in [-0.4, -0.2) is 46.5 Å². The first-order valence-electron chi connectivity index (χ1n) is 8.92. The lowest BCUT2D eigenvalue weighted by Gasteiger charge is -2.21. The van der Waals surface area contributed by atoms with E-state index in [-0.39, 0.29) is 28.0 Å². The number of nitrogens with one attached hydrogen (secondary N) is 1. The lowest BCUT2D eigenvalue weighted by Crippen LogP contribution is -2.30. The van der Waals surface area contributed by atoms with E-state index >= 15 is 0 Å². The molecule has 0 aliphatic heterocycles. The van der Waals surface area contributed by atoms with Crippen LogP contribution in [0.2, 0.25) is 0 Å². The summed E-state index contributed by atoms with van der Waals surface area (Å²) in [5.74, 6) is 0.248. The third kappa shape index (κ3) is 4.56. The van der Waals surface area contributed by atoms with E-state index in [4.69, 9.17) is 9.47 Å². The Balaban J connectivity index is 2.53. The molecule has 2 aromatic rings. The summed E-state index contributed by atoms with van der Waals surface area (Å²) in [6.07, 6.45) is 0. The van der Waals surface area contributed by atoms with Crippen LogP contribution in [0.3, 0.4) is 0 Å². The zero-order valence-electron chi connectivity index (χ0n) is 16.8. The summed E-state index contributed by atoms with van der Waals surface area (Å²) in [7, 11) is -1.03. The highest BCUT2D eigenvalue weighted by Gasteiger charge is 2.23. The molecule has 0 saturated heterocycles. The standard InChI is InChI=1S/C20H26N2O5S/c1-6-22(7-2)20(23)15-12-17(19(27-5)18(13-15)26-4)21-28(24,25)16-10-8-14(3)9-11-16/h8-13,21H,6-7H2,1-5H3. The second-order valence-electron chi connectivity index (χ2n) is 6.16. The highest BCUT2D eigenvalue weighted by Crippen LogP contribution is 2.38. The normalized spacial score (nSPS) is 11.0. The number of sulfonamides is 1. The van der Waals surface area contributed by atoms with E-state index in [1.807, 2.05) is 20.8 Å². The van der Waals surface area contributed by atoms with Crippen molar-refractivity contribution in [2.75, 3.05) is 32.0 Å². The molecule has 152 valence electrons. The van der Waals surface area contributed by atoms with Gasteiger partial charge >= 0.3 is 0 Å². The number of benzene rings is 2. The highest BCUT2D eigenvalue weighted by atomic mass is 32.2. The van der Waals surface area contributed by atoms with Gasteiger partial charge in [0.2, 0.25) is 0 Å². The first-order chi connectivity index (χ1) is 13.3. The van der Waals surface area contributed by atoms with Crippen molar-refractivity contribution in [1.82, 2.24) is 4.90 Å². The predicted octanol–water partition coefficient (Wildman–Crippen LogP) is 3.30. The van der Waals surface area contributed by atoms with Crippen molar-refractivity contribution < 1.29 is 22.7 Å². The fraction of sp³-hybridized carbons (Fsp3) is 0.350. The molecular weight excluding hydrogens is 380 g/mol. The molecule has 1 amide bonds. The molecule has 2 aromatic carbocycles. The monoisotopic (exact) mass is 406 g/mol. The Kier molecular flexibility index (Phi) is 6.90. The highest BCUT2D eigenvalue weighted by molar-refractivity contribution is 7.92. The fourth-order valence-corrected chi connectivity index (χ4v) is 3.83. The molecule has 0 fully saturated rings. The number of methoxy groups -OCH3 is 2. The average Bonchev–Trinajstić information content (AvgIpc) is 2.68. The van der Waals surface area contributed by atoms with Gasteiger partial charge in [-0.05, 0) is 45.0 Å². The van der Waals surface area contributed by atoms with Gasteiger partial charge in [-0.1, -0.05) is 17.7 Å². The topological polar surface area (TPSA) is 84.9 Å². The molecule has 8 heteroatoms. The fourth-order valence-electron chi connectivity index (χ4n) is 2.78. The molecule has 0 saturated carbocycles. The summed E-state index contributed by atoms with van der Waals surface area (Å²) in [5, 5.41) is 0. The molecule has 0 spiro atoms. The summed E-state index contributed by atoms with van der Waals surface area (Å²) < 4.78 is 38.8. The van der Waals surface area contributed by atoms with E-state index in [9.17, 15) is 13.2 Å². The molecule has 0 atom stereocenters. The number of amides is 1. The maximum Gasteiger partial charge on any atom is 0.262 e. The number of aryl methyl sites for hydroxylation is 1.